The Morgan fingerprint density at radius 1 is 0.974 bits per heavy atom. The van der Waals surface area contributed by atoms with Gasteiger partial charge in [-0.2, -0.15) is 0 Å². The van der Waals surface area contributed by atoms with E-state index in [0.717, 1.165) is 53.3 Å². The lowest BCUT2D eigenvalue weighted by molar-refractivity contribution is 0.190. The standard InChI is InChI=1S/C31H31ClN6O/c1-21-8-7-11-24-18-27(31(39)33-28(21)24)29(30-34-35-36-38(30)26-12-5-6-13-26)37(19-22-9-3-2-4-10-22)20-23-14-16-25(32)17-15-23/h2-4,7-11,14-18,26,29H,5-6,12-13,19-20H2,1H3,(H,33,39)/t29-/m1/s1. The Morgan fingerprint density at radius 2 is 1.69 bits per heavy atom. The topological polar surface area (TPSA) is 79.7 Å². The second-order valence-corrected chi connectivity index (χ2v) is 10.9. The van der Waals surface area contributed by atoms with E-state index in [9.17, 15) is 4.79 Å². The maximum absolute atomic E-state index is 13.8. The van der Waals surface area contributed by atoms with Crippen LogP contribution in [0.1, 0.15) is 65.8 Å². The van der Waals surface area contributed by atoms with Crippen LogP contribution in [0.4, 0.5) is 0 Å². The number of benzene rings is 3. The van der Waals surface area contributed by atoms with Gasteiger partial charge in [0, 0.05) is 23.7 Å². The highest BCUT2D eigenvalue weighted by atomic mass is 35.5. The van der Waals surface area contributed by atoms with E-state index in [2.05, 4.69) is 37.5 Å². The zero-order valence-corrected chi connectivity index (χ0v) is 22.7. The third-order valence-corrected chi connectivity index (χ3v) is 7.99. The number of nitrogens with zero attached hydrogens (tertiary/aromatic N) is 5. The first-order valence-electron chi connectivity index (χ1n) is 13.5. The van der Waals surface area contributed by atoms with Crippen molar-refractivity contribution in [2.45, 2.75) is 57.8 Å². The van der Waals surface area contributed by atoms with Crippen LogP contribution in [0.2, 0.25) is 5.02 Å². The zero-order chi connectivity index (χ0) is 26.8. The predicted octanol–water partition coefficient (Wildman–Crippen LogP) is 6.38. The second-order valence-electron chi connectivity index (χ2n) is 10.4. The number of H-pyrrole nitrogens is 1. The molecule has 0 amide bonds. The third-order valence-electron chi connectivity index (χ3n) is 7.74. The molecule has 3 aromatic carbocycles. The van der Waals surface area contributed by atoms with Crippen LogP contribution in [0.5, 0.6) is 0 Å². The number of halogens is 1. The molecule has 7 nitrogen and oxygen atoms in total. The summed E-state index contributed by atoms with van der Waals surface area (Å²) in [4.78, 5) is 19.3. The molecule has 1 saturated carbocycles. The second kappa shape index (κ2) is 11.1. The number of aryl methyl sites for hydroxylation is 1. The van der Waals surface area contributed by atoms with Crippen LogP contribution in [0, 0.1) is 6.92 Å². The van der Waals surface area contributed by atoms with Gasteiger partial charge in [-0.15, -0.1) is 5.10 Å². The molecule has 5 aromatic rings. The molecule has 0 radical (unpaired) electrons. The molecule has 198 valence electrons. The minimum atomic E-state index is -0.467. The van der Waals surface area contributed by atoms with Crippen molar-refractivity contribution < 1.29 is 0 Å². The van der Waals surface area contributed by atoms with Gasteiger partial charge in [0.05, 0.1) is 11.6 Å². The SMILES string of the molecule is Cc1cccc2cc([C@H](c3nnnn3C3CCCC3)N(Cc3ccccc3)Cc3ccc(Cl)cc3)c(=O)[nH]c12. The average molecular weight is 539 g/mol. The van der Waals surface area contributed by atoms with E-state index in [1.807, 2.05) is 78.3 Å². The number of tetrazole rings is 1. The first kappa shape index (κ1) is 25.5. The van der Waals surface area contributed by atoms with Crippen molar-refractivity contribution in [3.05, 3.63) is 122 Å². The smallest absolute Gasteiger partial charge is 0.253 e. The molecular weight excluding hydrogens is 508 g/mol. The van der Waals surface area contributed by atoms with Gasteiger partial charge in [0.25, 0.3) is 5.56 Å². The van der Waals surface area contributed by atoms with Crippen LogP contribution in [0.15, 0.2) is 83.7 Å². The fourth-order valence-electron chi connectivity index (χ4n) is 5.77. The highest BCUT2D eigenvalue weighted by Gasteiger charge is 2.33. The Bertz CT molecular complexity index is 1620. The van der Waals surface area contributed by atoms with Crippen LogP contribution in [0.25, 0.3) is 10.9 Å². The van der Waals surface area contributed by atoms with Gasteiger partial charge in [-0.3, -0.25) is 9.69 Å². The molecule has 1 atom stereocenters. The maximum atomic E-state index is 13.8. The van der Waals surface area contributed by atoms with Gasteiger partial charge in [-0.25, -0.2) is 4.68 Å². The van der Waals surface area contributed by atoms with E-state index in [1.54, 1.807) is 0 Å². The van der Waals surface area contributed by atoms with E-state index in [0.29, 0.717) is 29.5 Å². The molecule has 1 aliphatic carbocycles. The Hall–Kier alpha value is -3.81. The number of rotatable bonds is 8. The molecule has 0 saturated heterocycles. The van der Waals surface area contributed by atoms with Crippen LogP contribution >= 0.6 is 11.6 Å². The monoisotopic (exact) mass is 538 g/mol. The van der Waals surface area contributed by atoms with Crippen molar-refractivity contribution in [3.8, 4) is 0 Å². The minimum absolute atomic E-state index is 0.128. The summed E-state index contributed by atoms with van der Waals surface area (Å²) >= 11 is 6.21. The quantitative estimate of drug-likeness (QED) is 0.248. The minimum Gasteiger partial charge on any atom is -0.321 e. The van der Waals surface area contributed by atoms with Crippen molar-refractivity contribution in [1.82, 2.24) is 30.1 Å². The van der Waals surface area contributed by atoms with Crippen LogP contribution < -0.4 is 5.56 Å². The number of aromatic nitrogens is 5. The molecule has 1 fully saturated rings. The number of nitrogens with one attached hydrogen (secondary N) is 1. The van der Waals surface area contributed by atoms with E-state index in [4.69, 9.17) is 11.6 Å². The summed E-state index contributed by atoms with van der Waals surface area (Å²) in [5.74, 6) is 0.698. The summed E-state index contributed by atoms with van der Waals surface area (Å²) in [5, 5.41) is 14.9. The Kier molecular flexibility index (Phi) is 7.26. The van der Waals surface area contributed by atoms with Gasteiger partial charge < -0.3 is 4.98 Å². The molecule has 1 aliphatic rings. The van der Waals surface area contributed by atoms with E-state index >= 15 is 0 Å². The van der Waals surface area contributed by atoms with Crippen LogP contribution in [-0.2, 0) is 13.1 Å². The fourth-order valence-corrected chi connectivity index (χ4v) is 5.90. The molecular formula is C31H31ClN6O. The highest BCUT2D eigenvalue weighted by molar-refractivity contribution is 6.30. The van der Waals surface area contributed by atoms with Crippen molar-refractivity contribution >= 4 is 22.5 Å². The largest absolute Gasteiger partial charge is 0.321 e. The van der Waals surface area contributed by atoms with Gasteiger partial charge in [-0.05, 0) is 70.5 Å². The Morgan fingerprint density at radius 3 is 2.44 bits per heavy atom. The molecule has 0 aliphatic heterocycles. The lowest BCUT2D eigenvalue weighted by Gasteiger charge is -2.32. The summed E-state index contributed by atoms with van der Waals surface area (Å²) in [6.45, 7) is 3.20. The Labute approximate surface area is 232 Å². The number of pyridine rings is 1. The van der Waals surface area contributed by atoms with Gasteiger partial charge in [0.2, 0.25) is 0 Å². The molecule has 0 spiro atoms. The normalized spacial score (nSPS) is 14.8. The molecule has 0 bridgehead atoms. The first-order chi connectivity index (χ1) is 19.1. The predicted molar refractivity (Wildman–Crippen MR) is 154 cm³/mol. The lowest BCUT2D eigenvalue weighted by Crippen LogP contribution is -2.35. The highest BCUT2D eigenvalue weighted by Crippen LogP contribution is 2.35. The number of para-hydroxylation sites is 1. The van der Waals surface area contributed by atoms with E-state index in [1.165, 1.54) is 0 Å². The molecule has 2 heterocycles. The van der Waals surface area contributed by atoms with Gasteiger partial charge in [-0.1, -0.05) is 85.1 Å². The van der Waals surface area contributed by atoms with Crippen LogP contribution in [-0.4, -0.2) is 30.1 Å². The average Bonchev–Trinajstić information content (AvgIpc) is 3.64. The van der Waals surface area contributed by atoms with Gasteiger partial charge in [0.1, 0.15) is 6.04 Å². The van der Waals surface area contributed by atoms with E-state index in [-0.39, 0.29) is 11.6 Å². The molecule has 1 N–H and O–H groups in total. The van der Waals surface area contributed by atoms with Crippen molar-refractivity contribution in [3.63, 3.8) is 0 Å². The summed E-state index contributed by atoms with van der Waals surface area (Å²) in [6, 6.07) is 26.0. The van der Waals surface area contributed by atoms with Gasteiger partial charge >= 0.3 is 0 Å². The first-order valence-corrected chi connectivity index (χ1v) is 13.9. The maximum Gasteiger partial charge on any atom is 0.253 e. The fraction of sp³-hybridized carbons (Fsp3) is 0.290. The summed E-state index contributed by atoms with van der Waals surface area (Å²) in [5.41, 5.74) is 4.63. The Balaban J connectivity index is 1.54. The zero-order valence-electron chi connectivity index (χ0n) is 21.9. The van der Waals surface area contributed by atoms with Crippen molar-refractivity contribution in [2.24, 2.45) is 0 Å². The lowest BCUT2D eigenvalue weighted by atomic mass is 10.00. The van der Waals surface area contributed by atoms with Gasteiger partial charge in [0.15, 0.2) is 5.82 Å². The number of fused-ring (bicyclic) bond motifs is 1. The van der Waals surface area contributed by atoms with Crippen LogP contribution in [0.3, 0.4) is 0 Å². The molecule has 0 unspecified atom stereocenters. The summed E-state index contributed by atoms with van der Waals surface area (Å²) < 4.78 is 1.97. The molecule has 2 aromatic heterocycles. The number of hydrogen-bond acceptors (Lipinski definition) is 5. The number of hydrogen-bond donors (Lipinski definition) is 1. The van der Waals surface area contributed by atoms with E-state index < -0.39 is 6.04 Å². The summed E-state index contributed by atoms with van der Waals surface area (Å²) in [7, 11) is 0. The third kappa shape index (κ3) is 5.37. The molecule has 8 heteroatoms. The summed E-state index contributed by atoms with van der Waals surface area (Å²) in [6.07, 6.45) is 4.38. The molecule has 39 heavy (non-hydrogen) atoms. The van der Waals surface area contributed by atoms with Crippen molar-refractivity contribution in [2.75, 3.05) is 0 Å². The number of aromatic amines is 1. The molecule has 6 rings (SSSR count). The van der Waals surface area contributed by atoms with Crippen molar-refractivity contribution in [1.29, 1.82) is 0 Å².